The van der Waals surface area contributed by atoms with Crippen LogP contribution < -0.4 is 0 Å². The summed E-state index contributed by atoms with van der Waals surface area (Å²) in [5.74, 6) is 0.726. The zero-order valence-electron chi connectivity index (χ0n) is 10.2. The van der Waals surface area contributed by atoms with E-state index < -0.39 is 0 Å². The molecule has 2 unspecified atom stereocenters. The lowest BCUT2D eigenvalue weighted by atomic mass is 9.84. The predicted molar refractivity (Wildman–Crippen MR) is 65.6 cm³/mol. The predicted octanol–water partition coefficient (Wildman–Crippen LogP) is 2.73. The number of likely N-dealkylation sites (tertiary alicyclic amines) is 1. The third kappa shape index (κ3) is 2.41. The quantitative estimate of drug-likeness (QED) is 0.637. The van der Waals surface area contributed by atoms with Crippen LogP contribution in [-0.2, 0) is 0 Å². The molecule has 1 saturated heterocycles. The largest absolute Gasteiger partial charge is 0.301 e. The second-order valence-electron chi connectivity index (χ2n) is 5.15. The van der Waals surface area contributed by atoms with Crippen molar-refractivity contribution in [3.8, 4) is 0 Å². The molecule has 0 N–H and O–H groups in total. The number of hydrogen-bond donors (Lipinski definition) is 0. The molecule has 1 aliphatic carbocycles. The molecule has 2 nitrogen and oxygen atoms in total. The second kappa shape index (κ2) is 5.11. The van der Waals surface area contributed by atoms with Crippen LogP contribution in [0.25, 0.3) is 0 Å². The first kappa shape index (κ1) is 11.1. The molecule has 2 heteroatoms. The van der Waals surface area contributed by atoms with Crippen molar-refractivity contribution in [2.75, 3.05) is 13.6 Å². The maximum Gasteiger partial charge on any atom is 0.0273 e. The summed E-state index contributed by atoms with van der Waals surface area (Å²) in [6.07, 6.45) is 10.6. The van der Waals surface area contributed by atoms with Gasteiger partial charge in [0.05, 0.1) is 0 Å². The molecule has 0 radical (unpaired) electrons. The van der Waals surface area contributed by atoms with Crippen LogP contribution in [0.15, 0.2) is 4.99 Å². The molecule has 1 aliphatic heterocycles. The molecule has 2 fully saturated rings. The standard InChI is InChI=1S/C13H24N2/c1-11-6-5-9-15(11)13-8-4-3-7-12(13)10-14-2/h10-13H,3-9H2,1-2H3/t11?,12?,13-/m0/s1. The molecule has 2 rings (SSSR count). The van der Waals surface area contributed by atoms with Crippen LogP contribution in [0.3, 0.4) is 0 Å². The first-order valence-corrected chi connectivity index (χ1v) is 6.51. The molecule has 0 amide bonds. The first-order valence-electron chi connectivity index (χ1n) is 6.51. The Hall–Kier alpha value is -0.370. The minimum atomic E-state index is 0.726. The van der Waals surface area contributed by atoms with Gasteiger partial charge >= 0.3 is 0 Å². The van der Waals surface area contributed by atoms with E-state index in [2.05, 4.69) is 23.0 Å². The number of hydrogen-bond acceptors (Lipinski definition) is 2. The molecule has 0 aromatic heterocycles. The summed E-state index contributed by atoms with van der Waals surface area (Å²) >= 11 is 0. The van der Waals surface area contributed by atoms with Gasteiger partial charge in [0.1, 0.15) is 0 Å². The molecule has 1 saturated carbocycles. The summed E-state index contributed by atoms with van der Waals surface area (Å²) in [5.41, 5.74) is 0. The van der Waals surface area contributed by atoms with E-state index in [1.807, 2.05) is 7.05 Å². The summed E-state index contributed by atoms with van der Waals surface area (Å²) in [6, 6.07) is 1.60. The van der Waals surface area contributed by atoms with Gasteiger partial charge in [-0.1, -0.05) is 12.8 Å². The highest BCUT2D eigenvalue weighted by molar-refractivity contribution is 5.61. The highest BCUT2D eigenvalue weighted by Gasteiger charge is 2.33. The highest BCUT2D eigenvalue weighted by Crippen LogP contribution is 2.32. The second-order valence-corrected chi connectivity index (χ2v) is 5.15. The van der Waals surface area contributed by atoms with Crippen LogP contribution in [0.1, 0.15) is 45.4 Å². The van der Waals surface area contributed by atoms with Gasteiger partial charge in [0.25, 0.3) is 0 Å². The van der Waals surface area contributed by atoms with Crippen molar-refractivity contribution in [2.45, 2.75) is 57.5 Å². The van der Waals surface area contributed by atoms with E-state index in [0.717, 1.165) is 18.0 Å². The maximum atomic E-state index is 4.25. The van der Waals surface area contributed by atoms with Gasteiger partial charge in [-0.15, -0.1) is 0 Å². The highest BCUT2D eigenvalue weighted by atomic mass is 15.2. The summed E-state index contributed by atoms with van der Waals surface area (Å²) in [4.78, 5) is 7.00. The Balaban J connectivity index is 2.03. The maximum absolute atomic E-state index is 4.25. The first-order chi connectivity index (χ1) is 7.33. The van der Waals surface area contributed by atoms with Crippen molar-refractivity contribution in [1.29, 1.82) is 0 Å². The topological polar surface area (TPSA) is 15.6 Å². The summed E-state index contributed by atoms with van der Waals surface area (Å²) < 4.78 is 0. The third-order valence-electron chi connectivity index (χ3n) is 4.15. The Labute approximate surface area is 93.8 Å². The summed E-state index contributed by atoms with van der Waals surface area (Å²) in [6.45, 7) is 3.71. The Morgan fingerprint density at radius 1 is 1.13 bits per heavy atom. The average Bonchev–Trinajstić information content (AvgIpc) is 2.66. The molecule has 0 aromatic carbocycles. The van der Waals surface area contributed by atoms with Gasteiger partial charge in [0, 0.05) is 31.3 Å². The third-order valence-corrected chi connectivity index (χ3v) is 4.15. The van der Waals surface area contributed by atoms with Gasteiger partial charge in [0.2, 0.25) is 0 Å². The van der Waals surface area contributed by atoms with Gasteiger partial charge in [-0.25, -0.2) is 0 Å². The molecule has 1 heterocycles. The van der Waals surface area contributed by atoms with E-state index in [-0.39, 0.29) is 0 Å². The fourth-order valence-corrected chi connectivity index (χ4v) is 3.37. The summed E-state index contributed by atoms with van der Waals surface area (Å²) in [7, 11) is 1.92. The molecule has 0 aromatic rings. The molecule has 0 bridgehead atoms. The van der Waals surface area contributed by atoms with Crippen molar-refractivity contribution in [1.82, 2.24) is 4.90 Å². The van der Waals surface area contributed by atoms with Crippen molar-refractivity contribution >= 4 is 6.21 Å². The molecule has 0 spiro atoms. The van der Waals surface area contributed by atoms with Crippen molar-refractivity contribution in [3.63, 3.8) is 0 Å². The fraction of sp³-hybridized carbons (Fsp3) is 0.923. The Bertz CT molecular complexity index is 225. The molecule has 2 aliphatic rings. The van der Waals surface area contributed by atoms with Crippen LogP contribution >= 0.6 is 0 Å². The van der Waals surface area contributed by atoms with Gasteiger partial charge in [0.15, 0.2) is 0 Å². The number of aliphatic imine (C=N–C) groups is 1. The SMILES string of the molecule is CN=CC1CCCC[C@@H]1N1CCCC1C. The lowest BCUT2D eigenvalue weighted by molar-refractivity contribution is 0.128. The van der Waals surface area contributed by atoms with E-state index in [1.54, 1.807) is 0 Å². The molecule has 86 valence electrons. The van der Waals surface area contributed by atoms with Gasteiger partial charge < -0.3 is 4.99 Å². The average molecular weight is 208 g/mol. The van der Waals surface area contributed by atoms with Crippen LogP contribution in [0.2, 0.25) is 0 Å². The lowest BCUT2D eigenvalue weighted by Crippen LogP contribution is -2.44. The van der Waals surface area contributed by atoms with Gasteiger partial charge in [-0.05, 0) is 39.2 Å². The Morgan fingerprint density at radius 3 is 2.60 bits per heavy atom. The van der Waals surface area contributed by atoms with E-state index >= 15 is 0 Å². The minimum absolute atomic E-state index is 0.726. The van der Waals surface area contributed by atoms with Crippen molar-refractivity contribution in [3.05, 3.63) is 0 Å². The Kier molecular flexibility index (Phi) is 3.79. The fourth-order valence-electron chi connectivity index (χ4n) is 3.37. The minimum Gasteiger partial charge on any atom is -0.301 e. The smallest absolute Gasteiger partial charge is 0.0273 e. The van der Waals surface area contributed by atoms with Gasteiger partial charge in [-0.3, -0.25) is 4.90 Å². The number of nitrogens with zero attached hydrogens (tertiary/aromatic N) is 2. The van der Waals surface area contributed by atoms with Gasteiger partial charge in [-0.2, -0.15) is 0 Å². The molecule has 3 atom stereocenters. The zero-order valence-corrected chi connectivity index (χ0v) is 10.2. The number of rotatable bonds is 2. The van der Waals surface area contributed by atoms with Crippen LogP contribution in [0.4, 0.5) is 0 Å². The molecular weight excluding hydrogens is 184 g/mol. The van der Waals surface area contributed by atoms with Crippen LogP contribution in [-0.4, -0.2) is 36.8 Å². The lowest BCUT2D eigenvalue weighted by Gasteiger charge is -2.38. The van der Waals surface area contributed by atoms with E-state index in [0.29, 0.717) is 0 Å². The molecule has 15 heavy (non-hydrogen) atoms. The monoisotopic (exact) mass is 208 g/mol. The van der Waals surface area contributed by atoms with E-state index in [4.69, 9.17) is 0 Å². The van der Waals surface area contributed by atoms with E-state index in [1.165, 1.54) is 45.1 Å². The normalized spacial score (nSPS) is 38.9. The van der Waals surface area contributed by atoms with E-state index in [9.17, 15) is 0 Å². The van der Waals surface area contributed by atoms with Crippen LogP contribution in [0.5, 0.6) is 0 Å². The van der Waals surface area contributed by atoms with Crippen molar-refractivity contribution < 1.29 is 0 Å². The molecular formula is C13H24N2. The Morgan fingerprint density at radius 2 is 1.93 bits per heavy atom. The summed E-state index contributed by atoms with van der Waals surface area (Å²) in [5, 5.41) is 0. The van der Waals surface area contributed by atoms with Crippen LogP contribution in [0, 0.1) is 5.92 Å². The zero-order chi connectivity index (χ0) is 10.7. The van der Waals surface area contributed by atoms with Crippen molar-refractivity contribution in [2.24, 2.45) is 10.9 Å².